The van der Waals surface area contributed by atoms with Crippen LogP contribution >= 0.6 is 11.6 Å². The quantitative estimate of drug-likeness (QED) is 0.901. The van der Waals surface area contributed by atoms with E-state index in [2.05, 4.69) is 24.3 Å². The van der Waals surface area contributed by atoms with Gasteiger partial charge in [-0.15, -0.1) is 0 Å². The topological polar surface area (TPSA) is 29.9 Å². The van der Waals surface area contributed by atoms with Gasteiger partial charge in [0.15, 0.2) is 0 Å². The average Bonchev–Trinajstić information content (AvgIpc) is 2.87. The molecular formula is C14H16ClF2N3. The standard InChI is InChI=1S/C14H16ClF2N3/c1-9(2)18-6-10-3-4-13(15)12(5-10)11-7-19-20(8-11)14(16)17/h3-5,7-9,14,18H,6H2,1-2H3. The van der Waals surface area contributed by atoms with Crippen LogP contribution in [0.25, 0.3) is 11.1 Å². The largest absolute Gasteiger partial charge is 0.333 e. The highest BCUT2D eigenvalue weighted by Crippen LogP contribution is 2.29. The third-order valence-corrected chi connectivity index (χ3v) is 3.19. The molecule has 0 amide bonds. The molecule has 0 bridgehead atoms. The third kappa shape index (κ3) is 3.55. The van der Waals surface area contributed by atoms with Crippen molar-refractivity contribution in [2.75, 3.05) is 0 Å². The number of hydrogen-bond acceptors (Lipinski definition) is 2. The van der Waals surface area contributed by atoms with E-state index in [1.807, 2.05) is 12.1 Å². The second-order valence-corrected chi connectivity index (χ2v) is 5.24. The molecule has 1 heterocycles. The summed E-state index contributed by atoms with van der Waals surface area (Å²) in [6.45, 7) is 2.17. The Morgan fingerprint density at radius 2 is 2.10 bits per heavy atom. The molecule has 1 N–H and O–H groups in total. The summed E-state index contributed by atoms with van der Waals surface area (Å²) in [6.07, 6.45) is 2.69. The van der Waals surface area contributed by atoms with Crippen molar-refractivity contribution < 1.29 is 8.78 Å². The molecule has 3 nitrogen and oxygen atoms in total. The van der Waals surface area contributed by atoms with Crippen LogP contribution in [-0.2, 0) is 6.54 Å². The van der Waals surface area contributed by atoms with E-state index in [0.29, 0.717) is 33.4 Å². The Kier molecular flexibility index (Phi) is 4.73. The number of nitrogens with zero attached hydrogens (tertiary/aromatic N) is 2. The van der Waals surface area contributed by atoms with Crippen LogP contribution in [-0.4, -0.2) is 15.8 Å². The van der Waals surface area contributed by atoms with E-state index in [9.17, 15) is 8.78 Å². The molecule has 0 saturated carbocycles. The van der Waals surface area contributed by atoms with Crippen molar-refractivity contribution in [3.05, 3.63) is 41.2 Å². The van der Waals surface area contributed by atoms with Gasteiger partial charge in [-0.2, -0.15) is 13.9 Å². The van der Waals surface area contributed by atoms with Crippen LogP contribution in [0.2, 0.25) is 5.02 Å². The summed E-state index contributed by atoms with van der Waals surface area (Å²) in [6, 6.07) is 5.95. The van der Waals surface area contributed by atoms with Crippen LogP contribution in [0.5, 0.6) is 0 Å². The highest BCUT2D eigenvalue weighted by Gasteiger charge is 2.11. The SMILES string of the molecule is CC(C)NCc1ccc(Cl)c(-c2cnn(C(F)F)c2)c1. The molecule has 1 aromatic carbocycles. The average molecular weight is 300 g/mol. The minimum atomic E-state index is -2.65. The summed E-state index contributed by atoms with van der Waals surface area (Å²) in [5.74, 6) is 0. The maximum atomic E-state index is 12.5. The molecular weight excluding hydrogens is 284 g/mol. The molecule has 6 heteroatoms. The molecule has 1 aromatic heterocycles. The summed E-state index contributed by atoms with van der Waals surface area (Å²) in [5, 5.41) is 7.45. The zero-order chi connectivity index (χ0) is 14.7. The normalized spacial score (nSPS) is 11.6. The van der Waals surface area contributed by atoms with E-state index in [1.165, 1.54) is 12.4 Å². The van der Waals surface area contributed by atoms with Gasteiger partial charge in [0, 0.05) is 34.9 Å². The van der Waals surface area contributed by atoms with E-state index < -0.39 is 6.55 Å². The van der Waals surface area contributed by atoms with Gasteiger partial charge in [-0.25, -0.2) is 4.68 Å². The fourth-order valence-electron chi connectivity index (χ4n) is 1.81. The highest BCUT2D eigenvalue weighted by atomic mass is 35.5. The van der Waals surface area contributed by atoms with Gasteiger partial charge in [0.25, 0.3) is 0 Å². The van der Waals surface area contributed by atoms with Gasteiger partial charge in [-0.1, -0.05) is 31.5 Å². The fraction of sp³-hybridized carbons (Fsp3) is 0.357. The van der Waals surface area contributed by atoms with Crippen molar-refractivity contribution in [1.82, 2.24) is 15.1 Å². The summed E-state index contributed by atoms with van der Waals surface area (Å²) < 4.78 is 25.7. The molecule has 0 spiro atoms. The maximum absolute atomic E-state index is 12.5. The predicted octanol–water partition coefficient (Wildman–Crippen LogP) is 4.10. The first-order valence-corrected chi connectivity index (χ1v) is 6.69. The van der Waals surface area contributed by atoms with E-state index in [1.54, 1.807) is 6.07 Å². The van der Waals surface area contributed by atoms with Gasteiger partial charge in [0.05, 0.1) is 6.20 Å². The van der Waals surface area contributed by atoms with Gasteiger partial charge >= 0.3 is 6.55 Å². The van der Waals surface area contributed by atoms with Crippen molar-refractivity contribution in [2.24, 2.45) is 0 Å². The summed E-state index contributed by atoms with van der Waals surface area (Å²) in [5.41, 5.74) is 2.34. The van der Waals surface area contributed by atoms with Gasteiger partial charge < -0.3 is 5.32 Å². The molecule has 2 aromatic rings. The molecule has 0 aliphatic heterocycles. The number of hydrogen-bond donors (Lipinski definition) is 1. The smallest absolute Gasteiger partial charge is 0.310 e. The van der Waals surface area contributed by atoms with Crippen molar-refractivity contribution in [2.45, 2.75) is 33.0 Å². The lowest BCUT2D eigenvalue weighted by atomic mass is 10.1. The zero-order valence-corrected chi connectivity index (χ0v) is 12.0. The Labute approximate surface area is 121 Å². The van der Waals surface area contributed by atoms with Crippen LogP contribution < -0.4 is 5.32 Å². The number of nitrogens with one attached hydrogen (secondary N) is 1. The summed E-state index contributed by atoms with van der Waals surface area (Å²) in [7, 11) is 0. The monoisotopic (exact) mass is 299 g/mol. The molecule has 0 atom stereocenters. The second kappa shape index (κ2) is 6.33. The van der Waals surface area contributed by atoms with Gasteiger partial charge in [0.2, 0.25) is 0 Å². The number of benzene rings is 1. The van der Waals surface area contributed by atoms with Gasteiger partial charge in [0.1, 0.15) is 0 Å². The van der Waals surface area contributed by atoms with Crippen LogP contribution in [0.15, 0.2) is 30.6 Å². The van der Waals surface area contributed by atoms with E-state index in [0.717, 1.165) is 5.56 Å². The Morgan fingerprint density at radius 3 is 2.70 bits per heavy atom. The lowest BCUT2D eigenvalue weighted by Gasteiger charge is -2.10. The highest BCUT2D eigenvalue weighted by molar-refractivity contribution is 6.33. The number of aromatic nitrogens is 2. The first kappa shape index (κ1) is 14.9. The number of alkyl halides is 2. The number of halogens is 3. The van der Waals surface area contributed by atoms with E-state index >= 15 is 0 Å². The van der Waals surface area contributed by atoms with Crippen LogP contribution in [0, 0.1) is 0 Å². The molecule has 0 aliphatic rings. The zero-order valence-electron chi connectivity index (χ0n) is 11.3. The Bertz CT molecular complexity index is 582. The Morgan fingerprint density at radius 1 is 1.35 bits per heavy atom. The Hall–Kier alpha value is -1.46. The summed E-state index contributed by atoms with van der Waals surface area (Å²) >= 11 is 6.14. The first-order chi connectivity index (χ1) is 9.47. The van der Waals surface area contributed by atoms with Gasteiger partial charge in [-0.05, 0) is 17.7 Å². The molecule has 0 fully saturated rings. The minimum Gasteiger partial charge on any atom is -0.310 e. The fourth-order valence-corrected chi connectivity index (χ4v) is 2.04. The molecule has 108 valence electrons. The predicted molar refractivity (Wildman–Crippen MR) is 75.9 cm³/mol. The van der Waals surface area contributed by atoms with Crippen molar-refractivity contribution in [3.8, 4) is 11.1 Å². The van der Waals surface area contributed by atoms with Gasteiger partial charge in [-0.3, -0.25) is 0 Å². The van der Waals surface area contributed by atoms with Crippen LogP contribution in [0.1, 0.15) is 26.0 Å². The molecule has 0 radical (unpaired) electrons. The maximum Gasteiger partial charge on any atom is 0.333 e. The molecule has 2 rings (SSSR count). The second-order valence-electron chi connectivity index (χ2n) is 4.84. The van der Waals surface area contributed by atoms with Crippen LogP contribution in [0.3, 0.4) is 0 Å². The molecule has 0 unspecified atom stereocenters. The van der Waals surface area contributed by atoms with E-state index in [-0.39, 0.29) is 0 Å². The van der Waals surface area contributed by atoms with Crippen molar-refractivity contribution in [3.63, 3.8) is 0 Å². The lowest BCUT2D eigenvalue weighted by Crippen LogP contribution is -2.21. The number of rotatable bonds is 5. The minimum absolute atomic E-state index is 0.371. The lowest BCUT2D eigenvalue weighted by molar-refractivity contribution is 0.0566. The molecule has 20 heavy (non-hydrogen) atoms. The van der Waals surface area contributed by atoms with Crippen molar-refractivity contribution in [1.29, 1.82) is 0 Å². The molecule has 0 aliphatic carbocycles. The van der Waals surface area contributed by atoms with Crippen molar-refractivity contribution >= 4 is 11.6 Å². The third-order valence-electron chi connectivity index (χ3n) is 2.86. The first-order valence-electron chi connectivity index (χ1n) is 6.32. The van der Waals surface area contributed by atoms with E-state index in [4.69, 9.17) is 11.6 Å². The Balaban J connectivity index is 2.27. The summed E-state index contributed by atoms with van der Waals surface area (Å²) in [4.78, 5) is 0. The van der Waals surface area contributed by atoms with Crippen LogP contribution in [0.4, 0.5) is 8.78 Å². The molecule has 0 saturated heterocycles.